The summed E-state index contributed by atoms with van der Waals surface area (Å²) in [5.74, 6) is 0.754. The zero-order chi connectivity index (χ0) is 11.5. The van der Waals surface area contributed by atoms with Crippen LogP contribution in [0.1, 0.15) is 24.0 Å². The number of nitrogens with zero attached hydrogens (tertiary/aromatic N) is 2. The first kappa shape index (κ1) is 10.3. The van der Waals surface area contributed by atoms with Crippen LogP contribution in [0.25, 0.3) is 0 Å². The second-order valence-corrected chi connectivity index (χ2v) is 4.50. The van der Waals surface area contributed by atoms with Gasteiger partial charge in [-0.05, 0) is 24.0 Å². The Morgan fingerprint density at radius 1 is 1.00 bits per heavy atom. The highest BCUT2D eigenvalue weighted by molar-refractivity contribution is 5.30. The highest BCUT2D eigenvalue weighted by atomic mass is 15.1. The molecule has 1 N–H and O–H groups in total. The number of aromatic nitrogens is 2. The molecule has 17 heavy (non-hydrogen) atoms. The first-order chi connectivity index (χ1) is 8.40. The van der Waals surface area contributed by atoms with E-state index in [1.54, 1.807) is 0 Å². The van der Waals surface area contributed by atoms with E-state index in [1.165, 1.54) is 18.4 Å². The molecule has 1 fully saturated rings. The van der Waals surface area contributed by atoms with E-state index in [0.29, 0.717) is 6.04 Å². The van der Waals surface area contributed by atoms with Crippen molar-refractivity contribution in [1.29, 1.82) is 0 Å². The molecule has 0 radical (unpaired) electrons. The molecular formula is C14H15N3. The quantitative estimate of drug-likeness (QED) is 0.869. The van der Waals surface area contributed by atoms with Crippen molar-refractivity contribution in [1.82, 2.24) is 9.97 Å². The summed E-state index contributed by atoms with van der Waals surface area (Å²) in [4.78, 5) is 8.67. The van der Waals surface area contributed by atoms with Crippen molar-refractivity contribution in [2.45, 2.75) is 25.3 Å². The van der Waals surface area contributed by atoms with Crippen LogP contribution in [0.5, 0.6) is 0 Å². The molecule has 1 heterocycles. The summed E-state index contributed by atoms with van der Waals surface area (Å²) >= 11 is 0. The molecule has 1 saturated carbocycles. The first-order valence-electron chi connectivity index (χ1n) is 6.01. The molecule has 0 atom stereocenters. The zero-order valence-corrected chi connectivity index (χ0v) is 9.63. The van der Waals surface area contributed by atoms with Gasteiger partial charge in [-0.15, -0.1) is 0 Å². The van der Waals surface area contributed by atoms with Crippen LogP contribution in [0.15, 0.2) is 42.7 Å². The summed E-state index contributed by atoms with van der Waals surface area (Å²) in [5, 5.41) is 3.28. The van der Waals surface area contributed by atoms with E-state index in [2.05, 4.69) is 39.6 Å². The van der Waals surface area contributed by atoms with Gasteiger partial charge >= 0.3 is 0 Å². The molecule has 1 aliphatic rings. The van der Waals surface area contributed by atoms with Crippen LogP contribution in [-0.4, -0.2) is 16.0 Å². The molecule has 1 aliphatic carbocycles. The fourth-order valence-electron chi connectivity index (χ4n) is 1.76. The fourth-order valence-corrected chi connectivity index (χ4v) is 1.76. The molecule has 2 aromatic rings. The van der Waals surface area contributed by atoms with Crippen molar-refractivity contribution < 1.29 is 0 Å². The van der Waals surface area contributed by atoms with E-state index < -0.39 is 0 Å². The van der Waals surface area contributed by atoms with E-state index >= 15 is 0 Å². The predicted octanol–water partition coefficient (Wildman–Crippen LogP) is 2.64. The van der Waals surface area contributed by atoms with Gasteiger partial charge in [-0.1, -0.05) is 30.3 Å². The Bertz CT molecular complexity index is 475. The average Bonchev–Trinajstić information content (AvgIpc) is 3.17. The number of nitrogens with one attached hydrogen (secondary N) is 1. The Hall–Kier alpha value is -1.90. The zero-order valence-electron chi connectivity index (χ0n) is 9.63. The third kappa shape index (κ3) is 2.81. The van der Waals surface area contributed by atoms with Crippen LogP contribution in [0.4, 0.5) is 5.95 Å². The molecule has 0 aliphatic heterocycles. The molecular weight excluding hydrogens is 210 g/mol. The van der Waals surface area contributed by atoms with Crippen molar-refractivity contribution in [2.75, 3.05) is 5.32 Å². The maximum atomic E-state index is 4.33. The van der Waals surface area contributed by atoms with Gasteiger partial charge in [0.1, 0.15) is 0 Å². The van der Waals surface area contributed by atoms with E-state index in [0.717, 1.165) is 17.9 Å². The second kappa shape index (κ2) is 4.53. The fraction of sp³-hybridized carbons (Fsp3) is 0.286. The SMILES string of the molecule is c1ccc(Cc2cnc(NC3CC3)nc2)cc1. The van der Waals surface area contributed by atoms with Gasteiger partial charge in [0.05, 0.1) is 0 Å². The summed E-state index contributed by atoms with van der Waals surface area (Å²) in [5.41, 5.74) is 2.44. The maximum absolute atomic E-state index is 4.33. The minimum Gasteiger partial charge on any atom is -0.351 e. The third-order valence-corrected chi connectivity index (χ3v) is 2.87. The molecule has 86 valence electrons. The summed E-state index contributed by atoms with van der Waals surface area (Å²) < 4.78 is 0. The molecule has 1 aromatic carbocycles. The molecule has 0 bridgehead atoms. The average molecular weight is 225 g/mol. The van der Waals surface area contributed by atoms with Gasteiger partial charge in [0.2, 0.25) is 5.95 Å². The van der Waals surface area contributed by atoms with Crippen LogP contribution in [0, 0.1) is 0 Å². The van der Waals surface area contributed by atoms with Crippen molar-refractivity contribution in [3.05, 3.63) is 53.9 Å². The normalized spacial score (nSPS) is 14.6. The number of anilines is 1. The van der Waals surface area contributed by atoms with Gasteiger partial charge in [0.15, 0.2) is 0 Å². The molecule has 3 nitrogen and oxygen atoms in total. The molecule has 3 rings (SSSR count). The van der Waals surface area contributed by atoms with E-state index in [-0.39, 0.29) is 0 Å². The lowest BCUT2D eigenvalue weighted by Gasteiger charge is -2.04. The van der Waals surface area contributed by atoms with Crippen LogP contribution in [-0.2, 0) is 6.42 Å². The van der Waals surface area contributed by atoms with Crippen molar-refractivity contribution in [3.8, 4) is 0 Å². The Morgan fingerprint density at radius 2 is 1.71 bits per heavy atom. The van der Waals surface area contributed by atoms with Gasteiger partial charge in [-0.25, -0.2) is 9.97 Å². The molecule has 0 spiro atoms. The van der Waals surface area contributed by atoms with E-state index in [4.69, 9.17) is 0 Å². The Kier molecular flexibility index (Phi) is 2.74. The van der Waals surface area contributed by atoms with Crippen molar-refractivity contribution in [2.24, 2.45) is 0 Å². The minimum atomic E-state index is 0.606. The number of rotatable bonds is 4. The van der Waals surface area contributed by atoms with Gasteiger partial charge < -0.3 is 5.32 Å². The Morgan fingerprint density at radius 3 is 2.35 bits per heavy atom. The van der Waals surface area contributed by atoms with Crippen molar-refractivity contribution in [3.63, 3.8) is 0 Å². The van der Waals surface area contributed by atoms with Gasteiger partial charge in [-0.2, -0.15) is 0 Å². The van der Waals surface area contributed by atoms with Gasteiger partial charge in [0.25, 0.3) is 0 Å². The smallest absolute Gasteiger partial charge is 0.222 e. The van der Waals surface area contributed by atoms with Crippen LogP contribution >= 0.6 is 0 Å². The summed E-state index contributed by atoms with van der Waals surface area (Å²) in [6.45, 7) is 0. The Labute approximate surface area is 101 Å². The Balaban J connectivity index is 1.67. The van der Waals surface area contributed by atoms with Crippen molar-refractivity contribution >= 4 is 5.95 Å². The highest BCUT2D eigenvalue weighted by Crippen LogP contribution is 2.22. The largest absolute Gasteiger partial charge is 0.351 e. The number of hydrogen-bond donors (Lipinski definition) is 1. The van der Waals surface area contributed by atoms with Gasteiger partial charge in [-0.3, -0.25) is 0 Å². The van der Waals surface area contributed by atoms with Crippen LogP contribution in [0.2, 0.25) is 0 Å². The third-order valence-electron chi connectivity index (χ3n) is 2.87. The monoisotopic (exact) mass is 225 g/mol. The molecule has 0 saturated heterocycles. The lowest BCUT2D eigenvalue weighted by Crippen LogP contribution is -2.05. The standard InChI is InChI=1S/C14H15N3/c1-2-4-11(5-3-1)8-12-9-15-14(16-10-12)17-13-6-7-13/h1-5,9-10,13H,6-8H2,(H,15,16,17). The number of hydrogen-bond acceptors (Lipinski definition) is 3. The predicted molar refractivity (Wildman–Crippen MR) is 67.9 cm³/mol. The van der Waals surface area contributed by atoms with Gasteiger partial charge in [0, 0.05) is 24.9 Å². The van der Waals surface area contributed by atoms with Crippen LogP contribution < -0.4 is 5.32 Å². The minimum absolute atomic E-state index is 0.606. The maximum Gasteiger partial charge on any atom is 0.222 e. The molecule has 0 unspecified atom stereocenters. The molecule has 3 heteroatoms. The highest BCUT2D eigenvalue weighted by Gasteiger charge is 2.21. The first-order valence-corrected chi connectivity index (χ1v) is 6.01. The topological polar surface area (TPSA) is 37.8 Å². The summed E-state index contributed by atoms with van der Waals surface area (Å²) in [7, 11) is 0. The second-order valence-electron chi connectivity index (χ2n) is 4.50. The molecule has 0 amide bonds. The van der Waals surface area contributed by atoms with Crippen LogP contribution in [0.3, 0.4) is 0 Å². The van der Waals surface area contributed by atoms with E-state index in [1.807, 2.05) is 18.5 Å². The lowest BCUT2D eigenvalue weighted by molar-refractivity contribution is 1.02. The summed E-state index contributed by atoms with van der Waals surface area (Å²) in [6, 6.07) is 11.0. The summed E-state index contributed by atoms with van der Waals surface area (Å²) in [6.07, 6.45) is 7.20. The number of benzene rings is 1. The van der Waals surface area contributed by atoms with E-state index in [9.17, 15) is 0 Å². The lowest BCUT2D eigenvalue weighted by atomic mass is 10.1. The molecule has 1 aromatic heterocycles.